The van der Waals surface area contributed by atoms with Crippen LogP contribution in [0.2, 0.25) is 0 Å². The van der Waals surface area contributed by atoms with Crippen LogP contribution >= 0.6 is 15.9 Å². The van der Waals surface area contributed by atoms with Crippen molar-refractivity contribution in [1.29, 1.82) is 0 Å². The van der Waals surface area contributed by atoms with Gasteiger partial charge >= 0.3 is 6.09 Å². The monoisotopic (exact) mass is 316 g/mol. The topological polar surface area (TPSA) is 98.7 Å². The van der Waals surface area contributed by atoms with Crippen LogP contribution < -0.4 is 10.6 Å². The number of carboxylic acid groups (broad SMARTS) is 1. The molecule has 7 heteroatoms. The molecule has 0 aliphatic heterocycles. The number of benzene rings is 1. The second kappa shape index (κ2) is 6.85. The van der Waals surface area contributed by atoms with Crippen molar-refractivity contribution < 1.29 is 19.8 Å². The zero-order chi connectivity index (χ0) is 13.5. The summed E-state index contributed by atoms with van der Waals surface area (Å²) in [5, 5.41) is 22.6. The van der Waals surface area contributed by atoms with Gasteiger partial charge in [0.1, 0.15) is 5.75 Å². The molecule has 0 aromatic heterocycles. The lowest BCUT2D eigenvalue weighted by Crippen LogP contribution is -2.23. The fraction of sp³-hybridized carbons (Fsp3) is 0.273. The molecule has 1 aromatic rings. The lowest BCUT2D eigenvalue weighted by Gasteiger charge is -2.07. The molecule has 1 rings (SSSR count). The molecule has 0 bridgehead atoms. The summed E-state index contributed by atoms with van der Waals surface area (Å²) in [6.45, 7) is 0.217. The molecular weight excluding hydrogens is 304 g/mol. The van der Waals surface area contributed by atoms with Gasteiger partial charge in [0.05, 0.1) is 5.69 Å². The van der Waals surface area contributed by atoms with Gasteiger partial charge in [0.15, 0.2) is 0 Å². The summed E-state index contributed by atoms with van der Waals surface area (Å²) in [5.74, 6) is -0.304. The van der Waals surface area contributed by atoms with Gasteiger partial charge < -0.3 is 20.8 Å². The number of hydrogen-bond donors (Lipinski definition) is 4. The summed E-state index contributed by atoms with van der Waals surface area (Å²) in [4.78, 5) is 21.6. The van der Waals surface area contributed by atoms with E-state index >= 15 is 0 Å². The number of nitrogens with one attached hydrogen (secondary N) is 2. The molecule has 0 aliphatic rings. The van der Waals surface area contributed by atoms with E-state index in [0.29, 0.717) is 16.6 Å². The number of anilines is 1. The number of amides is 2. The highest BCUT2D eigenvalue weighted by molar-refractivity contribution is 9.10. The smallest absolute Gasteiger partial charge is 0.404 e. The highest BCUT2D eigenvalue weighted by Gasteiger charge is 2.06. The minimum atomic E-state index is -1.11. The molecule has 1 aromatic carbocycles. The Bertz CT molecular complexity index is 451. The standard InChI is InChI=1S/C11H13BrN2O4/c12-7-3-4-8(9(15)6-7)14-10(16)2-1-5-13-11(17)18/h3-4,6,13,15H,1-2,5H2,(H,14,16)(H,17,18). The van der Waals surface area contributed by atoms with Gasteiger partial charge in [-0.15, -0.1) is 0 Å². The zero-order valence-corrected chi connectivity index (χ0v) is 11.0. The van der Waals surface area contributed by atoms with Crippen molar-refractivity contribution in [2.24, 2.45) is 0 Å². The van der Waals surface area contributed by atoms with Gasteiger partial charge in [-0.05, 0) is 24.6 Å². The Balaban J connectivity index is 2.38. The second-order valence-electron chi connectivity index (χ2n) is 3.55. The number of halogens is 1. The summed E-state index contributed by atoms with van der Waals surface area (Å²) >= 11 is 3.19. The molecule has 0 saturated carbocycles. The molecule has 0 aliphatic carbocycles. The Hall–Kier alpha value is -1.76. The van der Waals surface area contributed by atoms with Crippen LogP contribution in [0.3, 0.4) is 0 Å². The molecule has 0 radical (unpaired) electrons. The number of carbonyl (C=O) groups excluding carboxylic acids is 1. The number of phenolic OH excluding ortho intramolecular Hbond substituents is 1. The number of hydrogen-bond acceptors (Lipinski definition) is 3. The van der Waals surface area contributed by atoms with E-state index in [2.05, 4.69) is 26.6 Å². The largest absolute Gasteiger partial charge is 0.506 e. The molecule has 98 valence electrons. The first-order valence-corrected chi connectivity index (χ1v) is 6.03. The van der Waals surface area contributed by atoms with Crippen LogP contribution in [-0.2, 0) is 4.79 Å². The molecule has 6 nitrogen and oxygen atoms in total. The lowest BCUT2D eigenvalue weighted by molar-refractivity contribution is -0.116. The van der Waals surface area contributed by atoms with Crippen molar-refractivity contribution in [2.75, 3.05) is 11.9 Å². The third-order valence-electron chi connectivity index (χ3n) is 2.09. The van der Waals surface area contributed by atoms with Crippen LogP contribution in [0.4, 0.5) is 10.5 Å². The molecular formula is C11H13BrN2O4. The van der Waals surface area contributed by atoms with E-state index in [1.54, 1.807) is 12.1 Å². The number of carbonyl (C=O) groups is 2. The van der Waals surface area contributed by atoms with Gasteiger partial charge in [-0.3, -0.25) is 4.79 Å². The van der Waals surface area contributed by atoms with Crippen molar-refractivity contribution in [3.63, 3.8) is 0 Å². The number of rotatable bonds is 5. The minimum absolute atomic E-state index is 0.0265. The molecule has 0 atom stereocenters. The van der Waals surface area contributed by atoms with Crippen molar-refractivity contribution >= 4 is 33.6 Å². The quantitative estimate of drug-likeness (QED) is 0.494. The molecule has 2 amide bonds. The first-order chi connectivity index (χ1) is 8.49. The van der Waals surface area contributed by atoms with Crippen molar-refractivity contribution in [1.82, 2.24) is 5.32 Å². The molecule has 0 spiro atoms. The van der Waals surface area contributed by atoms with Gasteiger partial charge in [-0.25, -0.2) is 4.79 Å². The van der Waals surface area contributed by atoms with E-state index in [1.165, 1.54) is 6.07 Å². The van der Waals surface area contributed by atoms with Gasteiger partial charge in [0, 0.05) is 17.4 Å². The van der Waals surface area contributed by atoms with Crippen LogP contribution in [-0.4, -0.2) is 28.8 Å². The normalized spacial score (nSPS) is 9.83. The van der Waals surface area contributed by atoms with E-state index < -0.39 is 6.09 Å². The molecule has 0 heterocycles. The maximum Gasteiger partial charge on any atom is 0.404 e. The third kappa shape index (κ3) is 5.05. The Morgan fingerprint density at radius 2 is 2.06 bits per heavy atom. The first kappa shape index (κ1) is 14.3. The average Bonchev–Trinajstić information content (AvgIpc) is 2.28. The van der Waals surface area contributed by atoms with Gasteiger partial charge in [-0.1, -0.05) is 15.9 Å². The van der Waals surface area contributed by atoms with E-state index in [4.69, 9.17) is 5.11 Å². The average molecular weight is 317 g/mol. The summed E-state index contributed by atoms with van der Waals surface area (Å²) < 4.78 is 0.712. The predicted octanol–water partition coefficient (Wildman–Crippen LogP) is 2.14. The fourth-order valence-corrected chi connectivity index (χ4v) is 1.62. The minimum Gasteiger partial charge on any atom is -0.506 e. The number of phenols is 1. The highest BCUT2D eigenvalue weighted by atomic mass is 79.9. The van der Waals surface area contributed by atoms with Crippen molar-refractivity contribution in [2.45, 2.75) is 12.8 Å². The molecule has 0 unspecified atom stereocenters. The van der Waals surface area contributed by atoms with Gasteiger partial charge in [-0.2, -0.15) is 0 Å². The maximum absolute atomic E-state index is 11.5. The van der Waals surface area contributed by atoms with Crippen LogP contribution in [0.1, 0.15) is 12.8 Å². The van der Waals surface area contributed by atoms with Crippen LogP contribution in [0.5, 0.6) is 5.75 Å². The highest BCUT2D eigenvalue weighted by Crippen LogP contribution is 2.26. The summed E-state index contributed by atoms with van der Waals surface area (Å²) in [7, 11) is 0. The third-order valence-corrected chi connectivity index (χ3v) is 2.58. The molecule has 4 N–H and O–H groups in total. The molecule has 18 heavy (non-hydrogen) atoms. The zero-order valence-electron chi connectivity index (χ0n) is 9.44. The van der Waals surface area contributed by atoms with E-state index in [-0.39, 0.29) is 24.6 Å². The van der Waals surface area contributed by atoms with Crippen LogP contribution in [0, 0.1) is 0 Å². The molecule has 0 saturated heterocycles. The van der Waals surface area contributed by atoms with Crippen LogP contribution in [0.25, 0.3) is 0 Å². The lowest BCUT2D eigenvalue weighted by atomic mass is 10.2. The van der Waals surface area contributed by atoms with Crippen LogP contribution in [0.15, 0.2) is 22.7 Å². The Morgan fingerprint density at radius 1 is 1.33 bits per heavy atom. The Morgan fingerprint density at radius 3 is 2.67 bits per heavy atom. The van der Waals surface area contributed by atoms with Crippen molar-refractivity contribution in [3.05, 3.63) is 22.7 Å². The van der Waals surface area contributed by atoms with E-state index in [0.717, 1.165) is 0 Å². The van der Waals surface area contributed by atoms with Crippen molar-refractivity contribution in [3.8, 4) is 5.75 Å². The fourth-order valence-electron chi connectivity index (χ4n) is 1.27. The van der Waals surface area contributed by atoms with Gasteiger partial charge in [0.2, 0.25) is 5.91 Å². The first-order valence-electron chi connectivity index (χ1n) is 5.24. The van der Waals surface area contributed by atoms with E-state index in [1.807, 2.05) is 0 Å². The Kier molecular flexibility index (Phi) is 5.44. The SMILES string of the molecule is O=C(O)NCCCC(=O)Nc1ccc(Br)cc1O. The Labute approximate surface area is 112 Å². The van der Waals surface area contributed by atoms with Gasteiger partial charge in [0.25, 0.3) is 0 Å². The summed E-state index contributed by atoms with van der Waals surface area (Å²) in [5.41, 5.74) is 0.328. The maximum atomic E-state index is 11.5. The second-order valence-corrected chi connectivity index (χ2v) is 4.46. The summed E-state index contributed by atoms with van der Waals surface area (Å²) in [6, 6.07) is 4.75. The van der Waals surface area contributed by atoms with E-state index in [9.17, 15) is 14.7 Å². The number of aromatic hydroxyl groups is 1. The predicted molar refractivity (Wildman–Crippen MR) is 69.7 cm³/mol. The summed E-state index contributed by atoms with van der Waals surface area (Å²) in [6.07, 6.45) is -0.536. The molecule has 0 fully saturated rings.